The minimum Gasteiger partial charge on any atom is -0.473 e. The number of likely N-dealkylation sites (N-methyl/N-ethyl adjacent to an activating group) is 1. The van der Waals surface area contributed by atoms with Crippen molar-refractivity contribution in [1.82, 2.24) is 14.7 Å². The molecular weight excluding hydrogens is 540 g/mol. The van der Waals surface area contributed by atoms with E-state index in [1.807, 2.05) is 0 Å². The second-order valence-corrected chi connectivity index (χ2v) is 11.7. The molecule has 0 aromatic heterocycles. The quantitative estimate of drug-likeness (QED) is 0.481. The zero-order valence-electron chi connectivity index (χ0n) is 22.6. The van der Waals surface area contributed by atoms with Gasteiger partial charge in [-0.05, 0) is 24.7 Å². The van der Waals surface area contributed by atoms with Gasteiger partial charge in [0.05, 0.1) is 19.5 Å². The molecule has 0 radical (unpaired) electrons. The van der Waals surface area contributed by atoms with E-state index in [1.54, 1.807) is 7.05 Å². The van der Waals surface area contributed by atoms with E-state index in [2.05, 4.69) is 10.2 Å². The number of rotatable bonds is 8. The number of halogens is 2. The molecule has 6 rings (SSSR count). The van der Waals surface area contributed by atoms with Gasteiger partial charge in [0.25, 0.3) is 11.8 Å². The molecule has 5 aliphatic rings. The van der Waals surface area contributed by atoms with E-state index >= 15 is 0 Å². The SMILES string of the molecule is [C-]#[N+][C@@H]1C[C@]2(CN1C(=O)[C@H](CC1CC1)N(C)C(=O)[C@H](CC1CC1)N1CCOC1=O)Oc1cc(F)cc(F)c1NC2=O. The van der Waals surface area contributed by atoms with Crippen LogP contribution in [0, 0.1) is 30.0 Å². The highest BCUT2D eigenvalue weighted by Gasteiger charge is 2.59. The lowest BCUT2D eigenvalue weighted by molar-refractivity contribution is -0.148. The summed E-state index contributed by atoms with van der Waals surface area (Å²) in [5.74, 6) is -3.17. The Bertz CT molecular complexity index is 1340. The molecule has 1 spiro atoms. The van der Waals surface area contributed by atoms with Crippen LogP contribution < -0.4 is 10.1 Å². The van der Waals surface area contributed by atoms with Crippen molar-refractivity contribution in [2.45, 2.75) is 68.8 Å². The Morgan fingerprint density at radius 1 is 1.20 bits per heavy atom. The zero-order chi connectivity index (χ0) is 29.1. The maximum Gasteiger partial charge on any atom is 0.410 e. The molecule has 218 valence electrons. The van der Waals surface area contributed by atoms with Crippen LogP contribution in [-0.4, -0.2) is 89.1 Å². The lowest BCUT2D eigenvalue weighted by atomic mass is 9.98. The number of ether oxygens (including phenoxy) is 2. The first-order valence-corrected chi connectivity index (χ1v) is 14.0. The number of nitrogens with one attached hydrogen (secondary N) is 1. The van der Waals surface area contributed by atoms with Crippen LogP contribution in [0.2, 0.25) is 0 Å². The summed E-state index contributed by atoms with van der Waals surface area (Å²) in [6.45, 7) is 7.93. The molecular formula is C28H31F2N5O6. The molecule has 11 nitrogen and oxygen atoms in total. The summed E-state index contributed by atoms with van der Waals surface area (Å²) in [5, 5.41) is 2.42. The number of carbonyl (C=O) groups excluding carboxylic acids is 4. The number of hydrogen-bond acceptors (Lipinski definition) is 6. The number of amides is 4. The molecule has 3 aliphatic heterocycles. The van der Waals surface area contributed by atoms with Crippen molar-refractivity contribution in [1.29, 1.82) is 0 Å². The van der Waals surface area contributed by atoms with Gasteiger partial charge >= 0.3 is 12.3 Å². The van der Waals surface area contributed by atoms with Crippen LogP contribution in [0.1, 0.15) is 44.9 Å². The Kier molecular flexibility index (Phi) is 6.74. The summed E-state index contributed by atoms with van der Waals surface area (Å²) in [4.78, 5) is 61.2. The number of nitrogens with zero attached hydrogens (tertiary/aromatic N) is 4. The molecule has 4 fully saturated rings. The third-order valence-corrected chi connectivity index (χ3v) is 8.77. The maximum atomic E-state index is 14.3. The Morgan fingerprint density at radius 2 is 1.90 bits per heavy atom. The first kappa shape index (κ1) is 27.2. The molecule has 3 heterocycles. The lowest BCUT2D eigenvalue weighted by Crippen LogP contribution is -2.57. The van der Waals surface area contributed by atoms with Gasteiger partial charge < -0.3 is 19.7 Å². The molecule has 2 saturated heterocycles. The van der Waals surface area contributed by atoms with Gasteiger partial charge in [-0.25, -0.2) is 20.1 Å². The first-order valence-electron chi connectivity index (χ1n) is 14.0. The average molecular weight is 572 g/mol. The molecule has 0 unspecified atom stereocenters. The van der Waals surface area contributed by atoms with Gasteiger partial charge in [0, 0.05) is 19.2 Å². The van der Waals surface area contributed by atoms with Gasteiger partial charge in [-0.2, -0.15) is 0 Å². The second-order valence-electron chi connectivity index (χ2n) is 11.7. The molecule has 0 bridgehead atoms. The molecule has 13 heteroatoms. The third kappa shape index (κ3) is 5.04. The van der Waals surface area contributed by atoms with Gasteiger partial charge in [0.15, 0.2) is 11.6 Å². The number of cyclic esters (lactones) is 1. The number of benzene rings is 1. The summed E-state index contributed by atoms with van der Waals surface area (Å²) in [7, 11) is 1.54. The fraction of sp³-hybridized carbons (Fsp3) is 0.607. The molecule has 41 heavy (non-hydrogen) atoms. The second kappa shape index (κ2) is 10.2. The topological polar surface area (TPSA) is 113 Å². The van der Waals surface area contributed by atoms with Crippen molar-refractivity contribution in [2.24, 2.45) is 11.8 Å². The van der Waals surface area contributed by atoms with Crippen LogP contribution >= 0.6 is 0 Å². The molecule has 1 aromatic carbocycles. The molecule has 2 saturated carbocycles. The number of likely N-dealkylation sites (tertiary alicyclic amines) is 1. The largest absolute Gasteiger partial charge is 0.473 e. The molecule has 1 N–H and O–H groups in total. The zero-order valence-corrected chi connectivity index (χ0v) is 22.6. The van der Waals surface area contributed by atoms with E-state index in [9.17, 15) is 28.0 Å². The number of hydrogen-bond donors (Lipinski definition) is 1. The van der Waals surface area contributed by atoms with E-state index < -0.39 is 53.4 Å². The monoisotopic (exact) mass is 571 g/mol. The Balaban J connectivity index is 1.26. The van der Waals surface area contributed by atoms with Crippen molar-refractivity contribution < 1.29 is 37.4 Å². The van der Waals surface area contributed by atoms with Crippen LogP contribution in [0.3, 0.4) is 0 Å². The number of fused-ring (bicyclic) bond motifs is 1. The fourth-order valence-corrected chi connectivity index (χ4v) is 6.06. The summed E-state index contributed by atoms with van der Waals surface area (Å²) >= 11 is 0. The fourth-order valence-electron chi connectivity index (χ4n) is 6.06. The predicted molar refractivity (Wildman–Crippen MR) is 138 cm³/mol. The highest BCUT2D eigenvalue weighted by atomic mass is 19.1. The Hall–Kier alpha value is -3.95. The van der Waals surface area contributed by atoms with Crippen molar-refractivity contribution in [3.05, 3.63) is 35.2 Å². The predicted octanol–water partition coefficient (Wildman–Crippen LogP) is 2.76. The number of carbonyl (C=O) groups is 4. The van der Waals surface area contributed by atoms with E-state index in [1.165, 1.54) is 14.7 Å². The number of anilines is 1. The summed E-state index contributed by atoms with van der Waals surface area (Å²) < 4.78 is 39.2. The van der Waals surface area contributed by atoms with Crippen molar-refractivity contribution in [3.63, 3.8) is 0 Å². The first-order chi connectivity index (χ1) is 19.6. The van der Waals surface area contributed by atoms with Crippen LogP contribution in [0.25, 0.3) is 4.85 Å². The van der Waals surface area contributed by atoms with Gasteiger partial charge in [-0.1, -0.05) is 25.7 Å². The van der Waals surface area contributed by atoms with Crippen molar-refractivity contribution >= 4 is 29.5 Å². The van der Waals surface area contributed by atoms with Crippen LogP contribution in [0.4, 0.5) is 19.3 Å². The van der Waals surface area contributed by atoms with Crippen molar-refractivity contribution in [3.8, 4) is 5.75 Å². The lowest BCUT2D eigenvalue weighted by Gasteiger charge is -2.36. The molecule has 1 aromatic rings. The van der Waals surface area contributed by atoms with Gasteiger partial charge in [0.1, 0.15) is 30.2 Å². The maximum absolute atomic E-state index is 14.3. The van der Waals surface area contributed by atoms with Gasteiger partial charge in [0.2, 0.25) is 11.5 Å². The van der Waals surface area contributed by atoms with E-state index in [0.717, 1.165) is 31.7 Å². The van der Waals surface area contributed by atoms with Crippen LogP contribution in [0.5, 0.6) is 5.75 Å². The van der Waals surface area contributed by atoms with Gasteiger partial charge in [-0.15, -0.1) is 0 Å². The minimum atomic E-state index is -1.72. The summed E-state index contributed by atoms with van der Waals surface area (Å²) in [5.41, 5.74) is -2.02. The normalized spacial score (nSPS) is 26.5. The Morgan fingerprint density at radius 3 is 2.54 bits per heavy atom. The van der Waals surface area contributed by atoms with E-state index in [0.29, 0.717) is 31.4 Å². The van der Waals surface area contributed by atoms with Crippen LogP contribution in [-0.2, 0) is 19.1 Å². The van der Waals surface area contributed by atoms with Crippen molar-refractivity contribution in [2.75, 3.05) is 32.1 Å². The Labute approximate surface area is 235 Å². The third-order valence-electron chi connectivity index (χ3n) is 8.77. The highest BCUT2D eigenvalue weighted by Crippen LogP contribution is 2.43. The van der Waals surface area contributed by atoms with E-state index in [4.69, 9.17) is 16.0 Å². The smallest absolute Gasteiger partial charge is 0.410 e. The standard InChI is InChI=1S/C28H31F2N5O6/c1-31-22-13-28(26(38)32-23-18(30)11-17(29)12-21(23)41-28)14-35(22)25(37)19(9-15-3-4-15)33(2)24(36)20(10-16-5-6-16)34-7-8-40-27(34)39/h11-12,15-16,19-20,22H,3-10,13-14H2,2H3,(H,32,38)/t19-,20-,22-,28+/m0/s1. The van der Waals surface area contributed by atoms with Crippen LogP contribution in [0.15, 0.2) is 12.1 Å². The van der Waals surface area contributed by atoms with E-state index in [-0.39, 0.29) is 42.8 Å². The van der Waals surface area contributed by atoms with Gasteiger partial charge in [-0.3, -0.25) is 29.0 Å². The molecule has 4 atom stereocenters. The molecule has 2 aliphatic carbocycles. The summed E-state index contributed by atoms with van der Waals surface area (Å²) in [6, 6.07) is -0.112. The highest BCUT2D eigenvalue weighted by molar-refractivity contribution is 6.02. The minimum absolute atomic E-state index is 0.197. The summed E-state index contributed by atoms with van der Waals surface area (Å²) in [6.07, 6.45) is 2.79. The molecule has 4 amide bonds. The average Bonchev–Trinajstić information content (AvgIpc) is 3.86.